The monoisotopic (exact) mass is 362 g/mol. The van der Waals surface area contributed by atoms with E-state index < -0.39 is 12.9 Å². The van der Waals surface area contributed by atoms with Crippen LogP contribution in [0, 0.1) is 5.92 Å². The zero-order valence-corrected chi connectivity index (χ0v) is 15.8. The Kier molecular flexibility index (Phi) is 6.40. The number of hydrogen-bond acceptors (Lipinski definition) is 5. The maximum atomic E-state index is 13.7. The second kappa shape index (κ2) is 8.32. The van der Waals surface area contributed by atoms with Gasteiger partial charge in [0.1, 0.15) is 17.1 Å². The minimum atomic E-state index is -3.82. The van der Waals surface area contributed by atoms with E-state index in [1.807, 2.05) is 13.8 Å². The Bertz CT molecular complexity index is 748. The lowest BCUT2D eigenvalue weighted by molar-refractivity contribution is 0.104. The standard InChI is InChI=1S/C19H23O5P/c1-14(2)13-24-25(21,15-9-6-5-7-10-15)19(20)18-16(22-3)11-8-12-17(18)23-4/h5-12,14H,13H2,1-4H3. The molecule has 0 amide bonds. The molecule has 0 saturated heterocycles. The molecule has 1 unspecified atom stereocenters. The van der Waals surface area contributed by atoms with Crippen molar-refractivity contribution in [1.29, 1.82) is 0 Å². The summed E-state index contributed by atoms with van der Waals surface area (Å²) in [7, 11) is -0.913. The highest BCUT2D eigenvalue weighted by Gasteiger charge is 2.39. The van der Waals surface area contributed by atoms with Crippen molar-refractivity contribution in [1.82, 2.24) is 0 Å². The Morgan fingerprint density at radius 1 is 0.960 bits per heavy atom. The second-order valence-electron chi connectivity index (χ2n) is 5.92. The summed E-state index contributed by atoms with van der Waals surface area (Å²) in [5.41, 5.74) is -0.503. The number of benzene rings is 2. The average molecular weight is 362 g/mol. The molecule has 0 aromatic heterocycles. The summed E-state index contributed by atoms with van der Waals surface area (Å²) in [6.07, 6.45) is 0. The molecule has 0 aliphatic carbocycles. The van der Waals surface area contributed by atoms with Crippen LogP contribution in [0.5, 0.6) is 11.5 Å². The molecule has 0 aliphatic rings. The van der Waals surface area contributed by atoms with Crippen LogP contribution in [-0.4, -0.2) is 26.4 Å². The lowest BCUT2D eigenvalue weighted by Gasteiger charge is -2.21. The van der Waals surface area contributed by atoms with Crippen LogP contribution in [0.1, 0.15) is 24.2 Å². The minimum Gasteiger partial charge on any atom is -0.496 e. The summed E-state index contributed by atoms with van der Waals surface area (Å²) in [5.74, 6) is 0.728. The van der Waals surface area contributed by atoms with Crippen molar-refractivity contribution in [3.63, 3.8) is 0 Å². The van der Waals surface area contributed by atoms with E-state index in [0.29, 0.717) is 16.8 Å². The van der Waals surface area contributed by atoms with Crippen LogP contribution in [-0.2, 0) is 9.09 Å². The molecule has 0 fully saturated rings. The normalized spacial score (nSPS) is 13.3. The van der Waals surface area contributed by atoms with Crippen molar-refractivity contribution in [2.24, 2.45) is 5.92 Å². The van der Waals surface area contributed by atoms with Crippen molar-refractivity contribution in [2.75, 3.05) is 20.8 Å². The molecule has 1 atom stereocenters. The molecular formula is C19H23O5P. The fourth-order valence-electron chi connectivity index (χ4n) is 2.34. The van der Waals surface area contributed by atoms with Gasteiger partial charge in [0.2, 0.25) is 0 Å². The number of carbonyl (C=O) groups excluding carboxylic acids is 1. The molecule has 134 valence electrons. The van der Waals surface area contributed by atoms with Crippen molar-refractivity contribution in [3.8, 4) is 11.5 Å². The van der Waals surface area contributed by atoms with E-state index in [1.165, 1.54) is 14.2 Å². The van der Waals surface area contributed by atoms with Gasteiger partial charge in [0.25, 0.3) is 5.52 Å². The van der Waals surface area contributed by atoms with Crippen molar-refractivity contribution in [3.05, 3.63) is 54.1 Å². The van der Waals surface area contributed by atoms with E-state index in [9.17, 15) is 9.36 Å². The maximum Gasteiger partial charge on any atom is 0.301 e. The topological polar surface area (TPSA) is 61.8 Å². The zero-order chi connectivity index (χ0) is 18.4. The molecule has 5 nitrogen and oxygen atoms in total. The predicted octanol–water partition coefficient (Wildman–Crippen LogP) is 4.12. The number of rotatable bonds is 8. The Balaban J connectivity index is 2.59. The first-order valence-electron chi connectivity index (χ1n) is 8.00. The minimum absolute atomic E-state index is 0.128. The highest BCUT2D eigenvalue weighted by Crippen LogP contribution is 2.52. The molecule has 0 N–H and O–H groups in total. The molecule has 0 heterocycles. The van der Waals surface area contributed by atoms with E-state index in [1.54, 1.807) is 48.5 Å². The molecule has 0 aliphatic heterocycles. The summed E-state index contributed by atoms with van der Waals surface area (Å²) in [6.45, 7) is 4.07. The van der Waals surface area contributed by atoms with Gasteiger partial charge in [0.15, 0.2) is 0 Å². The average Bonchev–Trinajstić information content (AvgIpc) is 2.65. The first kappa shape index (κ1) is 19.2. The van der Waals surface area contributed by atoms with Crippen molar-refractivity contribution < 1.29 is 23.4 Å². The van der Waals surface area contributed by atoms with Gasteiger partial charge in [-0.2, -0.15) is 0 Å². The first-order chi connectivity index (χ1) is 11.9. The quantitative estimate of drug-likeness (QED) is 0.661. The molecule has 2 aromatic carbocycles. The van der Waals surface area contributed by atoms with Gasteiger partial charge >= 0.3 is 7.37 Å². The van der Waals surface area contributed by atoms with Gasteiger partial charge in [0.05, 0.1) is 20.8 Å². The molecular weight excluding hydrogens is 339 g/mol. The molecule has 6 heteroatoms. The third-order valence-electron chi connectivity index (χ3n) is 3.59. The van der Waals surface area contributed by atoms with Crippen molar-refractivity contribution >= 4 is 18.2 Å². The van der Waals surface area contributed by atoms with Crippen LogP contribution >= 0.6 is 7.37 Å². The van der Waals surface area contributed by atoms with E-state index in [2.05, 4.69) is 0 Å². The number of methoxy groups -OCH3 is 2. The van der Waals surface area contributed by atoms with Gasteiger partial charge in [-0.3, -0.25) is 9.36 Å². The number of ether oxygens (including phenoxy) is 2. The maximum absolute atomic E-state index is 13.7. The molecule has 2 aromatic rings. The van der Waals surface area contributed by atoms with E-state index in [4.69, 9.17) is 14.0 Å². The van der Waals surface area contributed by atoms with Gasteiger partial charge in [-0.1, -0.05) is 38.1 Å². The molecule has 2 rings (SSSR count). The third kappa shape index (κ3) is 4.12. The lowest BCUT2D eigenvalue weighted by atomic mass is 10.2. The van der Waals surface area contributed by atoms with Crippen molar-refractivity contribution in [2.45, 2.75) is 13.8 Å². The zero-order valence-electron chi connectivity index (χ0n) is 14.9. The van der Waals surface area contributed by atoms with Crippen LogP contribution in [0.25, 0.3) is 0 Å². The molecule has 0 saturated carbocycles. The molecule has 0 bridgehead atoms. The Hall–Kier alpha value is -2.10. The first-order valence-corrected chi connectivity index (χ1v) is 9.62. The second-order valence-corrected chi connectivity index (χ2v) is 8.20. The van der Waals surface area contributed by atoms with Gasteiger partial charge < -0.3 is 14.0 Å². The molecule has 0 spiro atoms. The number of hydrogen-bond donors (Lipinski definition) is 0. The summed E-state index contributed by atoms with van der Waals surface area (Å²) in [5, 5.41) is 0.355. The highest BCUT2D eigenvalue weighted by atomic mass is 31.2. The lowest BCUT2D eigenvalue weighted by Crippen LogP contribution is -2.18. The largest absolute Gasteiger partial charge is 0.496 e. The summed E-state index contributed by atoms with van der Waals surface area (Å²) >= 11 is 0. The van der Waals surface area contributed by atoms with E-state index >= 15 is 0 Å². The smallest absolute Gasteiger partial charge is 0.301 e. The van der Waals surface area contributed by atoms with Gasteiger partial charge in [-0.25, -0.2) is 0 Å². The van der Waals surface area contributed by atoms with Crippen LogP contribution in [0.15, 0.2) is 48.5 Å². The van der Waals surface area contributed by atoms with E-state index in [0.717, 1.165) is 0 Å². The van der Waals surface area contributed by atoms with Crippen LogP contribution in [0.2, 0.25) is 0 Å². The molecule has 25 heavy (non-hydrogen) atoms. The van der Waals surface area contributed by atoms with Crippen LogP contribution in [0.4, 0.5) is 0 Å². The molecule has 0 radical (unpaired) electrons. The summed E-state index contributed by atoms with van der Waals surface area (Å²) in [4.78, 5) is 13.3. The Morgan fingerprint density at radius 2 is 1.52 bits per heavy atom. The predicted molar refractivity (Wildman–Crippen MR) is 98.3 cm³/mol. The third-order valence-corrected chi connectivity index (χ3v) is 5.84. The fraction of sp³-hybridized carbons (Fsp3) is 0.316. The number of carbonyl (C=O) groups is 1. The van der Waals surface area contributed by atoms with Gasteiger partial charge in [-0.05, 0) is 30.2 Å². The summed E-state index contributed by atoms with van der Waals surface area (Å²) in [6, 6.07) is 13.5. The highest BCUT2D eigenvalue weighted by molar-refractivity contribution is 7.83. The van der Waals surface area contributed by atoms with Crippen LogP contribution < -0.4 is 14.8 Å². The Labute approximate surface area is 148 Å². The fourth-order valence-corrected chi connectivity index (χ4v) is 4.43. The SMILES string of the molecule is COc1cccc(OC)c1C(=O)P(=O)(OCC(C)C)c1ccccc1. The van der Waals surface area contributed by atoms with Crippen LogP contribution in [0.3, 0.4) is 0 Å². The van der Waals surface area contributed by atoms with Gasteiger partial charge in [0, 0.05) is 5.30 Å². The van der Waals surface area contributed by atoms with Gasteiger partial charge in [-0.15, -0.1) is 0 Å². The summed E-state index contributed by atoms with van der Waals surface area (Å²) < 4.78 is 29.9. The van der Waals surface area contributed by atoms with E-state index in [-0.39, 0.29) is 18.1 Å². The Morgan fingerprint density at radius 3 is 2.00 bits per heavy atom.